The molecule has 0 saturated heterocycles. The molecule has 0 aliphatic heterocycles. The number of anilines is 1. The van der Waals surface area contributed by atoms with Crippen molar-refractivity contribution in [3.63, 3.8) is 0 Å². The molecule has 1 aromatic heterocycles. The Hall–Kier alpha value is -3.45. The van der Waals surface area contributed by atoms with E-state index < -0.39 is 17.7 Å². The second-order valence-corrected chi connectivity index (χ2v) is 8.47. The number of aryl methyl sites for hydroxylation is 2. The van der Waals surface area contributed by atoms with E-state index in [0.717, 1.165) is 41.2 Å². The number of allylic oxidation sites excluding steroid dienone is 3. The van der Waals surface area contributed by atoms with Gasteiger partial charge in [-0.1, -0.05) is 30.3 Å². The summed E-state index contributed by atoms with van der Waals surface area (Å²) < 4.78 is 38.4. The third-order valence-electron chi connectivity index (χ3n) is 5.13. The normalized spacial score (nSPS) is 12.7. The van der Waals surface area contributed by atoms with E-state index in [4.69, 9.17) is 16.6 Å². The highest BCUT2D eigenvalue weighted by Crippen LogP contribution is 2.31. The first-order valence-electron chi connectivity index (χ1n) is 10.3. The molecule has 0 radical (unpaired) electrons. The lowest BCUT2D eigenvalue weighted by molar-refractivity contribution is -0.112. The molecule has 0 spiro atoms. The van der Waals surface area contributed by atoms with Crippen LogP contribution in [0.4, 0.5) is 18.9 Å². The summed E-state index contributed by atoms with van der Waals surface area (Å²) in [6, 6.07) is 8.81. The molecule has 8 heteroatoms. The Balaban J connectivity index is 1.95. The highest BCUT2D eigenvalue weighted by Gasteiger charge is 2.29. The second-order valence-electron chi connectivity index (χ2n) is 8.06. The van der Waals surface area contributed by atoms with Crippen LogP contribution in [0.2, 0.25) is 5.02 Å². The molecule has 1 heterocycles. The zero-order valence-corrected chi connectivity index (χ0v) is 19.9. The highest BCUT2D eigenvalue weighted by atomic mass is 35.5. The van der Waals surface area contributed by atoms with Crippen LogP contribution in [0.25, 0.3) is 22.3 Å². The Morgan fingerprint density at radius 1 is 1.12 bits per heavy atom. The predicted molar refractivity (Wildman–Crippen MR) is 131 cm³/mol. The van der Waals surface area contributed by atoms with Crippen molar-refractivity contribution in [2.24, 2.45) is 0 Å². The van der Waals surface area contributed by atoms with Crippen LogP contribution in [-0.4, -0.2) is 22.1 Å². The number of nitrogens with zero attached hydrogens (tertiary/aromatic N) is 2. The maximum Gasteiger partial charge on any atom is 0.412 e. The minimum absolute atomic E-state index is 0.0246. The molecular weight excluding hydrogens is 463 g/mol. The number of hydrogen-bond acceptors (Lipinski definition) is 3. The van der Waals surface area contributed by atoms with Gasteiger partial charge in [0.1, 0.15) is 0 Å². The summed E-state index contributed by atoms with van der Waals surface area (Å²) in [5.74, 6) is -0.595. The van der Waals surface area contributed by atoms with Gasteiger partial charge in [-0.25, -0.2) is 4.98 Å². The van der Waals surface area contributed by atoms with Crippen molar-refractivity contribution >= 4 is 34.2 Å². The van der Waals surface area contributed by atoms with Crippen molar-refractivity contribution < 1.29 is 18.0 Å². The fourth-order valence-corrected chi connectivity index (χ4v) is 3.52. The van der Waals surface area contributed by atoms with Gasteiger partial charge in [-0.05, 0) is 74.7 Å². The number of nitrogens with one attached hydrogen (secondary N) is 1. The fourth-order valence-electron chi connectivity index (χ4n) is 3.30. The number of benzene rings is 2. The number of carbonyl (C=O) groups is 1. The summed E-state index contributed by atoms with van der Waals surface area (Å²) in [6.07, 6.45) is -0.906. The van der Waals surface area contributed by atoms with E-state index in [1.807, 2.05) is 26.0 Å². The number of rotatable bonds is 5. The molecule has 34 heavy (non-hydrogen) atoms. The van der Waals surface area contributed by atoms with Crippen LogP contribution in [0.1, 0.15) is 25.0 Å². The van der Waals surface area contributed by atoms with Crippen LogP contribution < -0.4 is 5.32 Å². The largest absolute Gasteiger partial charge is 0.412 e. The summed E-state index contributed by atoms with van der Waals surface area (Å²) in [5.41, 5.74) is 4.57. The maximum absolute atomic E-state index is 12.8. The lowest BCUT2D eigenvalue weighted by Crippen LogP contribution is -2.15. The van der Waals surface area contributed by atoms with Crippen LogP contribution in [0, 0.1) is 13.8 Å². The molecule has 0 atom stereocenters. The summed E-state index contributed by atoms with van der Waals surface area (Å²) in [6.45, 7) is 10.1. The third-order valence-corrected chi connectivity index (χ3v) is 5.46. The first-order chi connectivity index (χ1) is 15.9. The molecule has 0 unspecified atom stereocenters. The van der Waals surface area contributed by atoms with Gasteiger partial charge in [0.15, 0.2) is 0 Å². The van der Waals surface area contributed by atoms with Gasteiger partial charge in [0.25, 0.3) is 5.91 Å². The molecular formula is C26H23ClF3N3O. The fraction of sp³-hybridized carbons (Fsp3) is 0.192. The van der Waals surface area contributed by atoms with E-state index in [1.165, 1.54) is 0 Å². The lowest BCUT2D eigenvalue weighted by Gasteiger charge is -2.12. The Morgan fingerprint density at radius 2 is 1.82 bits per heavy atom. The minimum atomic E-state index is -4.48. The van der Waals surface area contributed by atoms with Gasteiger partial charge in [-0.2, -0.15) is 13.2 Å². The Bertz CT molecular complexity index is 1360. The smallest absolute Gasteiger partial charge is 0.322 e. The Kier molecular flexibility index (Phi) is 7.26. The van der Waals surface area contributed by atoms with Crippen LogP contribution in [0.15, 0.2) is 72.0 Å². The number of carbonyl (C=O) groups excluding carboxylic acids is 1. The standard InChI is InChI=1S/C26H23ClF3N3O/c1-14(2)19(8-6-17(5)26(28,29)30)25(34)32-18-7-9-21(27)20(12-18)23-13-31-22-11-15(3)10-16(4)24(22)33-23/h6-13H,1H2,2-5H3,(H,32,34)/b17-6+,19-8+. The average Bonchev–Trinajstić information content (AvgIpc) is 2.74. The zero-order valence-electron chi connectivity index (χ0n) is 19.1. The van der Waals surface area contributed by atoms with Crippen molar-refractivity contribution in [3.8, 4) is 11.3 Å². The lowest BCUT2D eigenvalue weighted by atomic mass is 10.1. The molecule has 4 nitrogen and oxygen atoms in total. The van der Waals surface area contributed by atoms with E-state index in [0.29, 0.717) is 27.5 Å². The van der Waals surface area contributed by atoms with Crippen molar-refractivity contribution in [2.75, 3.05) is 5.32 Å². The monoisotopic (exact) mass is 485 g/mol. The van der Waals surface area contributed by atoms with E-state index >= 15 is 0 Å². The van der Waals surface area contributed by atoms with Crippen LogP contribution >= 0.6 is 11.6 Å². The molecule has 3 aromatic rings. The summed E-state index contributed by atoms with van der Waals surface area (Å²) in [7, 11) is 0. The second kappa shape index (κ2) is 9.81. The molecule has 176 valence electrons. The summed E-state index contributed by atoms with van der Waals surface area (Å²) >= 11 is 6.40. The quantitative estimate of drug-likeness (QED) is 0.300. The number of halogens is 4. The van der Waals surface area contributed by atoms with Gasteiger partial charge in [-0.15, -0.1) is 0 Å². The van der Waals surface area contributed by atoms with Crippen molar-refractivity contribution in [1.82, 2.24) is 9.97 Å². The molecule has 1 amide bonds. The summed E-state index contributed by atoms with van der Waals surface area (Å²) in [4.78, 5) is 22.0. The Labute approximate surface area is 200 Å². The van der Waals surface area contributed by atoms with Gasteiger partial charge in [0.2, 0.25) is 0 Å². The minimum Gasteiger partial charge on any atom is -0.322 e. The SMILES string of the molecule is C=C(C)/C(=C\C=C(/C)C(F)(F)F)C(=O)Nc1ccc(Cl)c(-c2cnc3cc(C)cc(C)c3n2)c1. The van der Waals surface area contributed by atoms with E-state index in [-0.39, 0.29) is 5.57 Å². The predicted octanol–water partition coefficient (Wildman–Crippen LogP) is 7.52. The molecule has 2 aromatic carbocycles. The van der Waals surface area contributed by atoms with Gasteiger partial charge >= 0.3 is 6.18 Å². The van der Waals surface area contributed by atoms with E-state index in [1.54, 1.807) is 31.3 Å². The first-order valence-corrected chi connectivity index (χ1v) is 10.7. The maximum atomic E-state index is 12.8. The van der Waals surface area contributed by atoms with Gasteiger partial charge < -0.3 is 5.32 Å². The molecule has 1 N–H and O–H groups in total. The zero-order chi connectivity index (χ0) is 25.2. The van der Waals surface area contributed by atoms with Crippen LogP contribution in [-0.2, 0) is 4.79 Å². The number of alkyl halides is 3. The number of aromatic nitrogens is 2. The topological polar surface area (TPSA) is 54.9 Å². The van der Waals surface area contributed by atoms with Crippen LogP contribution in [0.5, 0.6) is 0 Å². The molecule has 0 fully saturated rings. The van der Waals surface area contributed by atoms with Gasteiger partial charge in [0, 0.05) is 22.4 Å². The Morgan fingerprint density at radius 3 is 2.47 bits per heavy atom. The number of hydrogen-bond donors (Lipinski definition) is 1. The van der Waals surface area contributed by atoms with Crippen molar-refractivity contribution in [3.05, 3.63) is 88.1 Å². The third kappa shape index (κ3) is 5.72. The molecule has 3 rings (SSSR count). The van der Waals surface area contributed by atoms with E-state index in [2.05, 4.69) is 16.9 Å². The van der Waals surface area contributed by atoms with Crippen molar-refractivity contribution in [2.45, 2.75) is 33.9 Å². The molecule has 0 saturated carbocycles. The molecule has 0 aliphatic carbocycles. The molecule has 0 bridgehead atoms. The number of amides is 1. The van der Waals surface area contributed by atoms with Gasteiger partial charge in [0.05, 0.1) is 27.9 Å². The number of fused-ring (bicyclic) bond motifs is 1. The highest BCUT2D eigenvalue weighted by molar-refractivity contribution is 6.33. The summed E-state index contributed by atoms with van der Waals surface area (Å²) in [5, 5.41) is 3.11. The molecule has 0 aliphatic rings. The first kappa shape index (κ1) is 25.2. The average molecular weight is 486 g/mol. The van der Waals surface area contributed by atoms with E-state index in [9.17, 15) is 18.0 Å². The van der Waals surface area contributed by atoms with Crippen molar-refractivity contribution in [1.29, 1.82) is 0 Å². The van der Waals surface area contributed by atoms with Gasteiger partial charge in [-0.3, -0.25) is 9.78 Å². The van der Waals surface area contributed by atoms with Crippen LogP contribution in [0.3, 0.4) is 0 Å².